The van der Waals surface area contributed by atoms with Crippen LogP contribution < -0.4 is 9.64 Å². The molecule has 4 atom stereocenters. The van der Waals surface area contributed by atoms with Gasteiger partial charge in [0.15, 0.2) is 23.1 Å². The van der Waals surface area contributed by atoms with Crippen molar-refractivity contribution in [2.24, 2.45) is 23.7 Å². The van der Waals surface area contributed by atoms with E-state index < -0.39 is 41.5 Å². The van der Waals surface area contributed by atoms with Crippen molar-refractivity contribution in [2.75, 3.05) is 12.0 Å². The number of imide groups is 1. The molecule has 10 heteroatoms. The van der Waals surface area contributed by atoms with Crippen LogP contribution in [0.2, 0.25) is 0 Å². The van der Waals surface area contributed by atoms with E-state index in [1.54, 1.807) is 24.3 Å². The maximum atomic E-state index is 13.9. The number of aromatic hydroxyl groups is 1. The molecule has 42 heavy (non-hydrogen) atoms. The molecule has 3 aliphatic carbocycles. The van der Waals surface area contributed by atoms with Gasteiger partial charge in [0.25, 0.3) is 0 Å². The number of nitrogens with zero attached hydrogens (tertiary/aromatic N) is 1. The highest BCUT2D eigenvalue weighted by Crippen LogP contribution is 2.53. The lowest BCUT2D eigenvalue weighted by atomic mass is 9.61. The van der Waals surface area contributed by atoms with Crippen LogP contribution in [0.3, 0.4) is 0 Å². The fourth-order valence-electron chi connectivity index (χ4n) is 6.52. The summed E-state index contributed by atoms with van der Waals surface area (Å²) >= 11 is 3.21. The van der Waals surface area contributed by atoms with Gasteiger partial charge in [0.05, 0.1) is 34.7 Å². The summed E-state index contributed by atoms with van der Waals surface area (Å²) in [5.74, 6) is -5.05. The van der Waals surface area contributed by atoms with Crippen LogP contribution in [0.25, 0.3) is 6.08 Å². The van der Waals surface area contributed by atoms with E-state index in [-0.39, 0.29) is 51.6 Å². The molecule has 4 aliphatic rings. The number of hydrogen-bond donors (Lipinski definition) is 2. The van der Waals surface area contributed by atoms with Gasteiger partial charge in [-0.25, -0.2) is 4.79 Å². The summed E-state index contributed by atoms with van der Waals surface area (Å²) in [7, 11) is 1.44. The van der Waals surface area contributed by atoms with Gasteiger partial charge in [-0.3, -0.25) is 24.1 Å². The summed E-state index contributed by atoms with van der Waals surface area (Å²) in [6.07, 6.45) is 7.11. The van der Waals surface area contributed by atoms with E-state index >= 15 is 0 Å². The van der Waals surface area contributed by atoms with Gasteiger partial charge in [-0.2, -0.15) is 0 Å². The molecule has 9 nitrogen and oxygen atoms in total. The summed E-state index contributed by atoms with van der Waals surface area (Å²) in [4.78, 5) is 66.7. The number of anilines is 1. The van der Waals surface area contributed by atoms with E-state index in [9.17, 15) is 34.2 Å². The Morgan fingerprint density at radius 3 is 2.60 bits per heavy atom. The molecule has 0 spiro atoms. The van der Waals surface area contributed by atoms with Gasteiger partial charge in [-0.15, -0.1) is 0 Å². The fourth-order valence-corrected chi connectivity index (χ4v) is 6.97. The van der Waals surface area contributed by atoms with Gasteiger partial charge in [-0.1, -0.05) is 35.9 Å². The van der Waals surface area contributed by atoms with E-state index in [0.29, 0.717) is 16.7 Å². The number of fused-ring (bicyclic) bond motifs is 3. The Kier molecular flexibility index (Phi) is 6.81. The van der Waals surface area contributed by atoms with Crippen molar-refractivity contribution in [2.45, 2.75) is 12.8 Å². The van der Waals surface area contributed by atoms with Gasteiger partial charge in [0.2, 0.25) is 11.8 Å². The Balaban J connectivity index is 1.42. The standard InChI is InChI=1S/C32H24BrNO8/c1-42-26-11-15(6-10-24(26)35)5-7-19-18-8-9-20-28(21(18)13-22-27(19)25(36)14-23(33)29(22)37)31(39)34(30(20)38)17-4-2-3-16(12-17)32(40)41/h2-8,10-12,14,19-21,28,35H,9,13H2,1H3,(H,40,41). The van der Waals surface area contributed by atoms with E-state index in [1.807, 2.05) is 6.08 Å². The van der Waals surface area contributed by atoms with E-state index in [1.165, 1.54) is 43.5 Å². The smallest absolute Gasteiger partial charge is 0.335 e. The first-order chi connectivity index (χ1) is 20.1. The van der Waals surface area contributed by atoms with Gasteiger partial charge in [-0.05, 0) is 70.6 Å². The van der Waals surface area contributed by atoms with Crippen LogP contribution in [0.1, 0.15) is 28.8 Å². The number of phenols is 1. The molecule has 1 fully saturated rings. The molecule has 1 heterocycles. The highest BCUT2D eigenvalue weighted by atomic mass is 79.9. The Bertz CT molecular complexity index is 1730. The predicted molar refractivity (Wildman–Crippen MR) is 155 cm³/mol. The SMILES string of the molecule is COc1cc(C=CC2C3=CCC4C(=O)N(c5cccc(C(=O)O)c5)C(=O)C4C3CC3=C2C(=O)C=C(Br)C3=O)ccc1O. The van der Waals surface area contributed by atoms with Crippen molar-refractivity contribution in [1.82, 2.24) is 0 Å². The Hall–Kier alpha value is -4.57. The Morgan fingerprint density at radius 1 is 1.07 bits per heavy atom. The average molecular weight is 630 g/mol. The zero-order valence-corrected chi connectivity index (χ0v) is 23.8. The Labute approximate surface area is 248 Å². The normalized spacial score (nSPS) is 25.2. The number of carbonyl (C=O) groups is 5. The lowest BCUT2D eigenvalue weighted by Gasteiger charge is -2.41. The number of hydrogen-bond acceptors (Lipinski definition) is 7. The lowest BCUT2D eigenvalue weighted by molar-refractivity contribution is -0.123. The summed E-state index contributed by atoms with van der Waals surface area (Å²) in [5.41, 5.74) is 2.26. The van der Waals surface area contributed by atoms with E-state index in [2.05, 4.69) is 15.9 Å². The number of allylic oxidation sites excluding steroid dienone is 7. The topological polar surface area (TPSA) is 138 Å². The second-order valence-electron chi connectivity index (χ2n) is 10.6. The molecule has 1 saturated heterocycles. The number of carboxylic acid groups (broad SMARTS) is 1. The molecule has 6 rings (SSSR count). The minimum Gasteiger partial charge on any atom is -0.504 e. The largest absolute Gasteiger partial charge is 0.504 e. The third-order valence-electron chi connectivity index (χ3n) is 8.42. The fraction of sp³-hybridized carbons (Fsp3) is 0.219. The van der Waals surface area contributed by atoms with Crippen molar-refractivity contribution >= 4 is 57.0 Å². The van der Waals surface area contributed by atoms with Crippen LogP contribution in [0.4, 0.5) is 5.69 Å². The van der Waals surface area contributed by atoms with Crippen LogP contribution in [0, 0.1) is 23.7 Å². The number of ketones is 2. The van der Waals surface area contributed by atoms with E-state index in [0.717, 1.165) is 10.5 Å². The quantitative estimate of drug-likeness (QED) is 0.278. The van der Waals surface area contributed by atoms with Crippen LogP contribution in [0.5, 0.6) is 11.5 Å². The molecule has 2 aromatic rings. The number of Topliss-reactive ketones (excluding diaryl/α,β-unsaturated/α-hetero) is 1. The van der Waals surface area contributed by atoms with Crippen molar-refractivity contribution in [3.05, 3.63) is 93.0 Å². The van der Waals surface area contributed by atoms with Crippen LogP contribution in [-0.4, -0.2) is 46.7 Å². The van der Waals surface area contributed by atoms with Crippen molar-refractivity contribution in [1.29, 1.82) is 0 Å². The first-order valence-electron chi connectivity index (χ1n) is 13.3. The van der Waals surface area contributed by atoms with Crippen LogP contribution in [0.15, 0.2) is 81.9 Å². The molecule has 212 valence electrons. The number of halogens is 1. The molecular weight excluding hydrogens is 606 g/mol. The third-order valence-corrected chi connectivity index (χ3v) is 9.00. The third kappa shape index (κ3) is 4.34. The van der Waals surface area contributed by atoms with Gasteiger partial charge < -0.3 is 14.9 Å². The number of carboxylic acids is 1. The molecule has 2 aromatic carbocycles. The van der Waals surface area contributed by atoms with Gasteiger partial charge in [0.1, 0.15) is 0 Å². The molecule has 0 radical (unpaired) electrons. The van der Waals surface area contributed by atoms with E-state index in [4.69, 9.17) is 4.74 Å². The predicted octanol–water partition coefficient (Wildman–Crippen LogP) is 4.61. The van der Waals surface area contributed by atoms with Gasteiger partial charge >= 0.3 is 5.97 Å². The maximum Gasteiger partial charge on any atom is 0.335 e. The second-order valence-corrected chi connectivity index (χ2v) is 11.5. The minimum absolute atomic E-state index is 0.0238. The number of amides is 2. The maximum absolute atomic E-state index is 13.9. The number of aromatic carboxylic acids is 1. The van der Waals surface area contributed by atoms with Crippen molar-refractivity contribution in [3.8, 4) is 11.5 Å². The minimum atomic E-state index is -1.18. The number of benzene rings is 2. The van der Waals surface area contributed by atoms with Crippen molar-refractivity contribution < 1.29 is 38.9 Å². The molecule has 2 amide bonds. The molecular formula is C32H24BrNO8. The molecule has 0 bridgehead atoms. The second kappa shape index (κ2) is 10.4. The number of ether oxygens (including phenoxy) is 1. The number of carbonyl (C=O) groups excluding carboxylic acids is 4. The first-order valence-corrected chi connectivity index (χ1v) is 14.1. The number of rotatable bonds is 5. The summed E-state index contributed by atoms with van der Waals surface area (Å²) < 4.78 is 5.34. The number of methoxy groups -OCH3 is 1. The zero-order chi connectivity index (χ0) is 29.9. The molecule has 1 aliphatic heterocycles. The Morgan fingerprint density at radius 2 is 1.86 bits per heavy atom. The van der Waals surface area contributed by atoms with Crippen LogP contribution >= 0.6 is 15.9 Å². The van der Waals surface area contributed by atoms with Crippen molar-refractivity contribution in [3.63, 3.8) is 0 Å². The summed E-state index contributed by atoms with van der Waals surface area (Å²) in [5, 5.41) is 19.4. The molecule has 0 saturated carbocycles. The molecule has 4 unspecified atom stereocenters. The monoisotopic (exact) mass is 629 g/mol. The van der Waals surface area contributed by atoms with Crippen LogP contribution in [-0.2, 0) is 19.2 Å². The highest BCUT2D eigenvalue weighted by Gasteiger charge is 2.56. The van der Waals surface area contributed by atoms with Gasteiger partial charge in [0, 0.05) is 23.1 Å². The number of phenolic OH excluding ortho intramolecular Hbond substituents is 1. The zero-order valence-electron chi connectivity index (χ0n) is 22.2. The average Bonchev–Trinajstić information content (AvgIpc) is 3.24. The summed E-state index contributed by atoms with van der Waals surface area (Å²) in [6.45, 7) is 0. The molecule has 0 aromatic heterocycles. The first kappa shape index (κ1) is 27.6. The lowest BCUT2D eigenvalue weighted by Crippen LogP contribution is -2.40. The summed E-state index contributed by atoms with van der Waals surface area (Å²) in [6, 6.07) is 10.5. The highest BCUT2D eigenvalue weighted by molar-refractivity contribution is 9.12. The molecule has 2 N–H and O–H groups in total.